The minimum atomic E-state index is -4.20. The maximum atomic E-state index is 13.7. The van der Waals surface area contributed by atoms with Gasteiger partial charge in [-0.3, -0.25) is 4.72 Å². The Morgan fingerprint density at radius 3 is 2.48 bits per heavy atom. The SMILES string of the molecule is Cc1cc(C(=O)[O-])cc(S(=O)(=O)Nc2cc(Cl)ccc2F)c1C. The van der Waals surface area contributed by atoms with Gasteiger partial charge >= 0.3 is 0 Å². The van der Waals surface area contributed by atoms with E-state index in [1.807, 2.05) is 0 Å². The lowest BCUT2D eigenvalue weighted by Crippen LogP contribution is -2.24. The van der Waals surface area contributed by atoms with Gasteiger partial charge in [-0.15, -0.1) is 0 Å². The highest BCUT2D eigenvalue weighted by atomic mass is 35.5. The van der Waals surface area contributed by atoms with Gasteiger partial charge in [0.05, 0.1) is 16.6 Å². The van der Waals surface area contributed by atoms with Crippen molar-refractivity contribution in [2.45, 2.75) is 18.7 Å². The average molecular weight is 357 g/mol. The van der Waals surface area contributed by atoms with Gasteiger partial charge in [-0.2, -0.15) is 0 Å². The van der Waals surface area contributed by atoms with Crippen LogP contribution in [0.4, 0.5) is 10.1 Å². The number of hydrogen-bond acceptors (Lipinski definition) is 4. The normalized spacial score (nSPS) is 11.3. The third kappa shape index (κ3) is 3.62. The number of aromatic carboxylic acids is 1. The number of rotatable bonds is 4. The molecule has 0 spiro atoms. The van der Waals surface area contributed by atoms with Gasteiger partial charge in [-0.05, 0) is 60.9 Å². The molecule has 0 amide bonds. The molecule has 0 radical (unpaired) electrons. The Hall–Kier alpha value is -2.12. The van der Waals surface area contributed by atoms with Crippen molar-refractivity contribution in [1.82, 2.24) is 0 Å². The van der Waals surface area contributed by atoms with E-state index in [4.69, 9.17) is 11.6 Å². The Labute approximate surface area is 137 Å². The van der Waals surface area contributed by atoms with Crippen LogP contribution in [0.25, 0.3) is 0 Å². The third-order valence-corrected chi connectivity index (χ3v) is 5.04. The van der Waals surface area contributed by atoms with E-state index >= 15 is 0 Å². The maximum Gasteiger partial charge on any atom is 0.262 e. The van der Waals surface area contributed by atoms with Crippen molar-refractivity contribution in [2.75, 3.05) is 4.72 Å². The van der Waals surface area contributed by atoms with Crippen LogP contribution in [-0.4, -0.2) is 14.4 Å². The minimum Gasteiger partial charge on any atom is -0.545 e. The van der Waals surface area contributed by atoms with E-state index in [0.29, 0.717) is 11.1 Å². The van der Waals surface area contributed by atoms with Crippen molar-refractivity contribution >= 4 is 33.3 Å². The molecule has 0 bridgehead atoms. The number of nitrogens with one attached hydrogen (secondary N) is 1. The van der Waals surface area contributed by atoms with Gasteiger partial charge in [0.25, 0.3) is 10.0 Å². The van der Waals surface area contributed by atoms with Gasteiger partial charge in [0.15, 0.2) is 0 Å². The lowest BCUT2D eigenvalue weighted by Gasteiger charge is -2.15. The van der Waals surface area contributed by atoms with Crippen molar-refractivity contribution < 1.29 is 22.7 Å². The molecule has 0 saturated heterocycles. The van der Waals surface area contributed by atoms with Crippen molar-refractivity contribution in [3.63, 3.8) is 0 Å². The predicted octanol–water partition coefficient (Wildman–Crippen LogP) is 2.26. The molecular weight excluding hydrogens is 345 g/mol. The van der Waals surface area contributed by atoms with Gasteiger partial charge < -0.3 is 9.90 Å². The smallest absolute Gasteiger partial charge is 0.262 e. The van der Waals surface area contributed by atoms with E-state index < -0.39 is 21.8 Å². The summed E-state index contributed by atoms with van der Waals surface area (Å²) in [6, 6.07) is 5.71. The molecule has 2 aromatic rings. The summed E-state index contributed by atoms with van der Waals surface area (Å²) in [5.74, 6) is -2.30. The highest BCUT2D eigenvalue weighted by Crippen LogP contribution is 2.26. The molecule has 0 fully saturated rings. The molecule has 0 aliphatic heterocycles. The van der Waals surface area contributed by atoms with E-state index in [1.54, 1.807) is 6.92 Å². The van der Waals surface area contributed by atoms with Gasteiger partial charge in [0.2, 0.25) is 0 Å². The Bertz CT molecular complexity index is 897. The highest BCUT2D eigenvalue weighted by molar-refractivity contribution is 7.92. The molecule has 0 aliphatic rings. The maximum absolute atomic E-state index is 13.7. The quantitative estimate of drug-likeness (QED) is 0.910. The number of anilines is 1. The fraction of sp³-hybridized carbons (Fsp3) is 0.133. The summed E-state index contributed by atoms with van der Waals surface area (Å²) < 4.78 is 40.7. The predicted molar refractivity (Wildman–Crippen MR) is 82.5 cm³/mol. The van der Waals surface area contributed by atoms with E-state index in [1.165, 1.54) is 19.1 Å². The molecule has 23 heavy (non-hydrogen) atoms. The van der Waals surface area contributed by atoms with Crippen LogP contribution in [0, 0.1) is 19.7 Å². The van der Waals surface area contributed by atoms with E-state index in [0.717, 1.165) is 18.2 Å². The number of benzene rings is 2. The number of carboxylic acids is 1. The van der Waals surface area contributed by atoms with Crippen molar-refractivity contribution in [3.8, 4) is 0 Å². The minimum absolute atomic E-state index is 0.153. The number of aryl methyl sites for hydroxylation is 1. The van der Waals surface area contributed by atoms with Crippen LogP contribution in [0.15, 0.2) is 35.2 Å². The summed E-state index contributed by atoms with van der Waals surface area (Å²) in [4.78, 5) is 10.7. The van der Waals surface area contributed by atoms with Crippen LogP contribution < -0.4 is 9.83 Å². The molecule has 0 heterocycles. The first-order valence-corrected chi connectivity index (χ1v) is 8.28. The standard InChI is InChI=1S/C15H13ClFNO4S/c1-8-5-10(15(19)20)6-14(9(8)2)23(21,22)18-13-7-11(16)3-4-12(13)17/h3-7,18H,1-2H3,(H,19,20)/p-1. The zero-order valence-electron chi connectivity index (χ0n) is 12.2. The van der Waals surface area contributed by atoms with Crippen LogP contribution >= 0.6 is 11.6 Å². The van der Waals surface area contributed by atoms with E-state index in [-0.39, 0.29) is 21.2 Å². The number of carbonyl (C=O) groups is 1. The van der Waals surface area contributed by atoms with Crippen molar-refractivity contribution in [3.05, 3.63) is 57.9 Å². The first kappa shape index (κ1) is 17.2. The Balaban J connectivity index is 2.56. The van der Waals surface area contributed by atoms with Gasteiger partial charge in [0.1, 0.15) is 5.82 Å². The summed E-state index contributed by atoms with van der Waals surface area (Å²) in [5.41, 5.74) is 0.206. The number of hydrogen-bond donors (Lipinski definition) is 1. The van der Waals surface area contributed by atoms with Crippen LogP contribution in [0.1, 0.15) is 21.5 Å². The first-order chi connectivity index (χ1) is 10.6. The molecular formula is C15H12ClFNO4S-. The number of halogens is 2. The van der Waals surface area contributed by atoms with Crippen LogP contribution in [0.3, 0.4) is 0 Å². The summed E-state index contributed by atoms with van der Waals surface area (Å²) in [6.45, 7) is 3.10. The fourth-order valence-electron chi connectivity index (χ4n) is 2.00. The molecule has 2 aromatic carbocycles. The second-order valence-corrected chi connectivity index (χ2v) is 7.02. The Kier molecular flexibility index (Phi) is 4.63. The Morgan fingerprint density at radius 1 is 1.22 bits per heavy atom. The molecule has 0 saturated carbocycles. The monoisotopic (exact) mass is 356 g/mol. The molecule has 122 valence electrons. The lowest BCUT2D eigenvalue weighted by atomic mass is 10.1. The van der Waals surface area contributed by atoms with Crippen LogP contribution in [0.2, 0.25) is 5.02 Å². The summed E-state index contributed by atoms with van der Waals surface area (Å²) >= 11 is 5.73. The number of carbonyl (C=O) groups excluding carboxylic acids is 1. The summed E-state index contributed by atoms with van der Waals surface area (Å²) in [5, 5.41) is 11.2. The number of carboxylic acid groups (broad SMARTS) is 1. The number of sulfonamides is 1. The zero-order chi connectivity index (χ0) is 17.4. The molecule has 1 N–H and O–H groups in total. The van der Waals surface area contributed by atoms with Crippen molar-refractivity contribution in [2.24, 2.45) is 0 Å². The molecule has 0 atom stereocenters. The van der Waals surface area contributed by atoms with Crippen LogP contribution in [-0.2, 0) is 10.0 Å². The van der Waals surface area contributed by atoms with E-state index in [2.05, 4.69) is 4.72 Å². The van der Waals surface area contributed by atoms with E-state index in [9.17, 15) is 22.7 Å². The zero-order valence-corrected chi connectivity index (χ0v) is 13.8. The molecule has 5 nitrogen and oxygen atoms in total. The van der Waals surface area contributed by atoms with Gasteiger partial charge in [0, 0.05) is 5.02 Å². The Morgan fingerprint density at radius 2 is 1.87 bits per heavy atom. The largest absolute Gasteiger partial charge is 0.545 e. The lowest BCUT2D eigenvalue weighted by molar-refractivity contribution is -0.255. The topological polar surface area (TPSA) is 86.3 Å². The molecule has 2 rings (SSSR count). The summed E-state index contributed by atoms with van der Waals surface area (Å²) in [6.07, 6.45) is 0. The van der Waals surface area contributed by atoms with Gasteiger partial charge in [-0.1, -0.05) is 11.6 Å². The average Bonchev–Trinajstić information content (AvgIpc) is 2.44. The third-order valence-electron chi connectivity index (χ3n) is 3.32. The second kappa shape index (κ2) is 6.17. The first-order valence-electron chi connectivity index (χ1n) is 6.42. The van der Waals surface area contributed by atoms with Crippen molar-refractivity contribution in [1.29, 1.82) is 0 Å². The molecule has 0 unspecified atom stereocenters. The fourth-order valence-corrected chi connectivity index (χ4v) is 3.57. The molecule has 0 aliphatic carbocycles. The second-order valence-electron chi connectivity index (χ2n) is 4.93. The highest BCUT2D eigenvalue weighted by Gasteiger charge is 2.21. The molecule has 0 aromatic heterocycles. The molecule has 8 heteroatoms. The van der Waals surface area contributed by atoms with Gasteiger partial charge in [-0.25, -0.2) is 12.8 Å². The van der Waals surface area contributed by atoms with Crippen LogP contribution in [0.5, 0.6) is 0 Å². The summed E-state index contributed by atoms with van der Waals surface area (Å²) in [7, 11) is -4.20.